The van der Waals surface area contributed by atoms with Crippen LogP contribution in [0, 0.1) is 11.8 Å². The number of hydrogen-bond donors (Lipinski definition) is 1. The topological polar surface area (TPSA) is 29.9 Å². The van der Waals surface area contributed by atoms with E-state index in [2.05, 4.69) is 51.1 Å². The molecule has 17 heavy (non-hydrogen) atoms. The summed E-state index contributed by atoms with van der Waals surface area (Å²) < 4.78 is 1.88. The van der Waals surface area contributed by atoms with Gasteiger partial charge in [-0.1, -0.05) is 13.8 Å². The Balaban J connectivity index is 2.39. The minimum atomic E-state index is 0.207. The van der Waals surface area contributed by atoms with E-state index in [0.29, 0.717) is 11.8 Å². The molecule has 0 saturated heterocycles. The fourth-order valence-electron chi connectivity index (χ4n) is 1.77. The SMILES string of the molecule is CC(CNC(C)(C)C)C(C)Cc1ccn(C)n1. The maximum Gasteiger partial charge on any atom is 0.0627 e. The molecule has 0 saturated carbocycles. The fraction of sp³-hybridized carbons (Fsp3) is 0.786. The van der Waals surface area contributed by atoms with Gasteiger partial charge >= 0.3 is 0 Å². The molecule has 0 fully saturated rings. The summed E-state index contributed by atoms with van der Waals surface area (Å²) in [6, 6.07) is 2.11. The van der Waals surface area contributed by atoms with Crippen molar-refractivity contribution < 1.29 is 0 Å². The molecule has 0 aliphatic carbocycles. The van der Waals surface area contributed by atoms with E-state index in [1.54, 1.807) is 0 Å². The molecule has 0 spiro atoms. The van der Waals surface area contributed by atoms with Crippen LogP contribution >= 0.6 is 0 Å². The van der Waals surface area contributed by atoms with Gasteiger partial charge in [0, 0.05) is 18.8 Å². The zero-order valence-corrected chi connectivity index (χ0v) is 12.1. The molecule has 1 heterocycles. The molecule has 1 aromatic rings. The molecule has 0 radical (unpaired) electrons. The summed E-state index contributed by atoms with van der Waals surface area (Å²) in [5, 5.41) is 8.01. The Kier molecular flexibility index (Phi) is 4.75. The van der Waals surface area contributed by atoms with Crippen LogP contribution in [0.25, 0.3) is 0 Å². The number of rotatable bonds is 5. The van der Waals surface area contributed by atoms with Gasteiger partial charge in [0.05, 0.1) is 5.69 Å². The van der Waals surface area contributed by atoms with Crippen LogP contribution in [0.3, 0.4) is 0 Å². The lowest BCUT2D eigenvalue weighted by Gasteiger charge is -2.26. The van der Waals surface area contributed by atoms with E-state index in [9.17, 15) is 0 Å². The lowest BCUT2D eigenvalue weighted by molar-refractivity contribution is 0.316. The highest BCUT2D eigenvalue weighted by Crippen LogP contribution is 2.16. The second kappa shape index (κ2) is 5.67. The summed E-state index contributed by atoms with van der Waals surface area (Å²) in [7, 11) is 1.97. The molecule has 0 amide bonds. The molecule has 0 aromatic carbocycles. The van der Waals surface area contributed by atoms with Crippen molar-refractivity contribution >= 4 is 0 Å². The van der Waals surface area contributed by atoms with Crippen molar-refractivity contribution in [3.8, 4) is 0 Å². The monoisotopic (exact) mass is 237 g/mol. The molecule has 1 aromatic heterocycles. The van der Waals surface area contributed by atoms with Crippen LogP contribution in [0.5, 0.6) is 0 Å². The minimum absolute atomic E-state index is 0.207. The molecule has 3 nitrogen and oxygen atoms in total. The summed E-state index contributed by atoms with van der Waals surface area (Å²) in [6.45, 7) is 12.3. The number of nitrogens with zero attached hydrogens (tertiary/aromatic N) is 2. The summed E-state index contributed by atoms with van der Waals surface area (Å²) in [5.74, 6) is 1.32. The third kappa shape index (κ3) is 5.35. The van der Waals surface area contributed by atoms with Crippen LogP contribution < -0.4 is 5.32 Å². The average molecular weight is 237 g/mol. The van der Waals surface area contributed by atoms with Crippen molar-refractivity contribution in [2.45, 2.75) is 46.6 Å². The highest BCUT2D eigenvalue weighted by molar-refractivity contribution is 5.00. The van der Waals surface area contributed by atoms with Crippen molar-refractivity contribution in [3.05, 3.63) is 18.0 Å². The fourth-order valence-corrected chi connectivity index (χ4v) is 1.77. The molecular weight excluding hydrogens is 210 g/mol. The largest absolute Gasteiger partial charge is 0.312 e. The van der Waals surface area contributed by atoms with Crippen LogP contribution in [-0.4, -0.2) is 21.9 Å². The van der Waals surface area contributed by atoms with Gasteiger partial charge in [-0.15, -0.1) is 0 Å². The van der Waals surface area contributed by atoms with Crippen LogP contribution in [-0.2, 0) is 13.5 Å². The van der Waals surface area contributed by atoms with E-state index in [1.165, 1.54) is 5.69 Å². The lowest BCUT2D eigenvalue weighted by atomic mass is 9.91. The molecule has 98 valence electrons. The maximum atomic E-state index is 4.44. The van der Waals surface area contributed by atoms with Gasteiger partial charge < -0.3 is 5.32 Å². The van der Waals surface area contributed by atoms with E-state index in [1.807, 2.05) is 17.9 Å². The van der Waals surface area contributed by atoms with Gasteiger partial charge in [-0.3, -0.25) is 4.68 Å². The Morgan fingerprint density at radius 1 is 1.29 bits per heavy atom. The van der Waals surface area contributed by atoms with Crippen molar-refractivity contribution in [3.63, 3.8) is 0 Å². The van der Waals surface area contributed by atoms with Crippen molar-refractivity contribution in [1.82, 2.24) is 15.1 Å². The van der Waals surface area contributed by atoms with Gasteiger partial charge in [0.15, 0.2) is 0 Å². The number of hydrogen-bond acceptors (Lipinski definition) is 2. The number of nitrogens with one attached hydrogen (secondary N) is 1. The van der Waals surface area contributed by atoms with E-state index in [0.717, 1.165) is 13.0 Å². The van der Waals surface area contributed by atoms with Crippen molar-refractivity contribution in [2.75, 3.05) is 6.54 Å². The average Bonchev–Trinajstić information content (AvgIpc) is 2.59. The Bertz CT molecular complexity index is 335. The summed E-state index contributed by atoms with van der Waals surface area (Å²) in [6.07, 6.45) is 3.08. The molecule has 0 bridgehead atoms. The summed E-state index contributed by atoms with van der Waals surface area (Å²) in [5.41, 5.74) is 1.40. The normalized spacial score (nSPS) is 15.9. The Labute approximate surface area is 106 Å². The third-order valence-electron chi connectivity index (χ3n) is 3.23. The van der Waals surface area contributed by atoms with Gasteiger partial charge in [-0.05, 0) is 51.6 Å². The first-order valence-electron chi connectivity index (χ1n) is 6.51. The summed E-state index contributed by atoms with van der Waals surface area (Å²) in [4.78, 5) is 0. The predicted molar refractivity (Wildman–Crippen MR) is 73.0 cm³/mol. The van der Waals surface area contributed by atoms with E-state index >= 15 is 0 Å². The zero-order chi connectivity index (χ0) is 13.1. The van der Waals surface area contributed by atoms with Crippen LogP contribution in [0.4, 0.5) is 0 Å². The highest BCUT2D eigenvalue weighted by Gasteiger charge is 2.17. The molecule has 2 unspecified atom stereocenters. The van der Waals surface area contributed by atoms with Gasteiger partial charge in [0.25, 0.3) is 0 Å². The van der Waals surface area contributed by atoms with E-state index in [4.69, 9.17) is 0 Å². The molecule has 2 atom stereocenters. The number of aryl methyl sites for hydroxylation is 1. The first-order chi connectivity index (χ1) is 7.78. The van der Waals surface area contributed by atoms with Gasteiger partial charge in [-0.2, -0.15) is 5.10 Å². The lowest BCUT2D eigenvalue weighted by Crippen LogP contribution is -2.40. The molecular formula is C14H27N3. The second-order valence-corrected chi connectivity index (χ2v) is 6.27. The van der Waals surface area contributed by atoms with Gasteiger partial charge in [-0.25, -0.2) is 0 Å². The zero-order valence-electron chi connectivity index (χ0n) is 12.1. The third-order valence-corrected chi connectivity index (χ3v) is 3.23. The Hall–Kier alpha value is -0.830. The Morgan fingerprint density at radius 3 is 2.41 bits per heavy atom. The molecule has 0 aliphatic rings. The van der Waals surface area contributed by atoms with Crippen LogP contribution in [0.2, 0.25) is 0 Å². The smallest absolute Gasteiger partial charge is 0.0627 e. The Morgan fingerprint density at radius 2 is 1.94 bits per heavy atom. The standard InChI is InChI=1S/C14H27N3/c1-11(9-13-7-8-17(6)16-13)12(2)10-15-14(3,4)5/h7-8,11-12,15H,9-10H2,1-6H3. The molecule has 3 heteroatoms. The van der Waals surface area contributed by atoms with E-state index < -0.39 is 0 Å². The van der Waals surface area contributed by atoms with Crippen molar-refractivity contribution in [2.24, 2.45) is 18.9 Å². The second-order valence-electron chi connectivity index (χ2n) is 6.27. The van der Waals surface area contributed by atoms with Crippen LogP contribution in [0.1, 0.15) is 40.3 Å². The first kappa shape index (κ1) is 14.2. The minimum Gasteiger partial charge on any atom is -0.312 e. The summed E-state index contributed by atoms with van der Waals surface area (Å²) >= 11 is 0. The molecule has 1 N–H and O–H groups in total. The predicted octanol–water partition coefficient (Wildman–Crippen LogP) is 2.62. The van der Waals surface area contributed by atoms with Gasteiger partial charge in [0.2, 0.25) is 0 Å². The van der Waals surface area contributed by atoms with E-state index in [-0.39, 0.29) is 5.54 Å². The van der Waals surface area contributed by atoms with Gasteiger partial charge in [0.1, 0.15) is 0 Å². The first-order valence-corrected chi connectivity index (χ1v) is 6.51. The van der Waals surface area contributed by atoms with Crippen LogP contribution in [0.15, 0.2) is 12.3 Å². The quantitative estimate of drug-likeness (QED) is 0.853. The molecule has 1 rings (SSSR count). The van der Waals surface area contributed by atoms with Crippen molar-refractivity contribution in [1.29, 1.82) is 0 Å². The maximum absolute atomic E-state index is 4.44. The highest BCUT2D eigenvalue weighted by atomic mass is 15.2. The molecule has 0 aliphatic heterocycles. The number of aromatic nitrogens is 2.